The third-order valence-corrected chi connectivity index (χ3v) is 9.87. The van der Waals surface area contributed by atoms with E-state index >= 15 is 0 Å². The highest BCUT2D eigenvalue weighted by atomic mass is 79.9. The van der Waals surface area contributed by atoms with Crippen LogP contribution >= 0.6 is 7.26 Å². The molecule has 0 unspecified atom stereocenters. The summed E-state index contributed by atoms with van der Waals surface area (Å²) >= 11 is 0. The molecular weight excluding hydrogens is 405 g/mol. The van der Waals surface area contributed by atoms with Crippen LogP contribution in [0.4, 0.5) is 5.69 Å². The maximum absolute atomic E-state index is 12.9. The molecule has 0 saturated carbocycles. The Hall–Kier alpha value is -1.18. The van der Waals surface area contributed by atoms with Crippen molar-refractivity contribution in [1.82, 2.24) is 0 Å². The van der Waals surface area contributed by atoms with Crippen molar-refractivity contribution in [1.29, 1.82) is 0 Å². The second-order valence-electron chi connectivity index (χ2n) is 7.47. The normalized spacial score (nSPS) is 15.8. The Morgan fingerprint density at radius 3 is 2.15 bits per heavy atom. The van der Waals surface area contributed by atoms with Crippen LogP contribution in [0.3, 0.4) is 0 Å². The lowest BCUT2D eigenvalue weighted by Gasteiger charge is -2.31. The minimum absolute atomic E-state index is 0. The van der Waals surface area contributed by atoms with Gasteiger partial charge in [0.15, 0.2) is 0 Å². The summed E-state index contributed by atoms with van der Waals surface area (Å²) in [6.45, 7) is 4.14. The Morgan fingerprint density at radius 1 is 0.923 bits per heavy atom. The maximum atomic E-state index is 12.9. The number of amides is 1. The van der Waals surface area contributed by atoms with Gasteiger partial charge in [-0.1, -0.05) is 48.5 Å². The van der Waals surface area contributed by atoms with E-state index in [1.807, 2.05) is 6.07 Å². The van der Waals surface area contributed by atoms with Gasteiger partial charge in [0.05, 0.1) is 18.5 Å². The molecule has 26 heavy (non-hydrogen) atoms. The zero-order valence-corrected chi connectivity index (χ0v) is 18.3. The van der Waals surface area contributed by atoms with Crippen molar-refractivity contribution in [3.8, 4) is 0 Å². The lowest BCUT2D eigenvalue weighted by atomic mass is 10.1. The van der Waals surface area contributed by atoms with Gasteiger partial charge in [-0.2, -0.15) is 0 Å². The lowest BCUT2D eigenvalue weighted by molar-refractivity contribution is -0.113. The number of carbonyl (C=O) groups is 1. The number of benzene rings is 2. The van der Waals surface area contributed by atoms with Crippen molar-refractivity contribution in [2.75, 3.05) is 23.8 Å². The van der Waals surface area contributed by atoms with Crippen molar-refractivity contribution in [3.05, 3.63) is 65.2 Å². The molecule has 1 amide bonds. The van der Waals surface area contributed by atoms with Crippen LogP contribution in [0.15, 0.2) is 48.5 Å². The summed E-state index contributed by atoms with van der Waals surface area (Å²) < 4.78 is 0. The third-order valence-electron chi connectivity index (χ3n) is 5.35. The highest BCUT2D eigenvalue weighted by Crippen LogP contribution is 2.64. The molecule has 1 N–H and O–H groups in total. The minimum atomic E-state index is -1.25. The molecule has 0 aromatic heterocycles. The van der Waals surface area contributed by atoms with E-state index in [1.165, 1.54) is 37.1 Å². The van der Waals surface area contributed by atoms with E-state index in [4.69, 9.17) is 0 Å². The first-order valence-corrected chi connectivity index (χ1v) is 11.9. The van der Waals surface area contributed by atoms with E-state index in [1.54, 1.807) is 0 Å². The fourth-order valence-electron chi connectivity index (χ4n) is 4.02. The fraction of sp³-hybridized carbons (Fsp3) is 0.409. The summed E-state index contributed by atoms with van der Waals surface area (Å²) in [5, 5.41) is 3.23. The zero-order valence-electron chi connectivity index (χ0n) is 15.8. The summed E-state index contributed by atoms with van der Waals surface area (Å²) in [7, 11) is -1.25. The molecule has 0 aliphatic carbocycles. The van der Waals surface area contributed by atoms with Gasteiger partial charge < -0.3 is 22.3 Å². The molecule has 0 spiro atoms. The van der Waals surface area contributed by atoms with Gasteiger partial charge in [-0.25, -0.2) is 0 Å². The number of nitrogens with one attached hydrogen (secondary N) is 1. The number of halogens is 1. The lowest BCUT2D eigenvalue weighted by Crippen LogP contribution is -3.00. The van der Waals surface area contributed by atoms with Crippen molar-refractivity contribution in [2.24, 2.45) is 0 Å². The van der Waals surface area contributed by atoms with Gasteiger partial charge in [-0.3, -0.25) is 4.79 Å². The number of aryl methyl sites for hydroxylation is 2. The molecule has 0 atom stereocenters. The van der Waals surface area contributed by atoms with Crippen LogP contribution in [-0.2, 0) is 11.0 Å². The number of hydrogen-bond donors (Lipinski definition) is 1. The van der Waals surface area contributed by atoms with Crippen LogP contribution in [0.2, 0.25) is 0 Å². The van der Waals surface area contributed by atoms with Crippen molar-refractivity contribution in [2.45, 2.75) is 39.3 Å². The van der Waals surface area contributed by atoms with E-state index in [2.05, 4.69) is 61.6 Å². The average Bonchev–Trinajstić information content (AvgIpc) is 2.60. The average molecular weight is 434 g/mol. The molecule has 2 aromatic rings. The Balaban J connectivity index is 0.00000243. The molecule has 1 heterocycles. The molecule has 0 bridgehead atoms. The quantitative estimate of drug-likeness (QED) is 0.721. The Morgan fingerprint density at radius 2 is 1.54 bits per heavy atom. The summed E-state index contributed by atoms with van der Waals surface area (Å²) in [6, 6.07) is 16.9. The van der Waals surface area contributed by atoms with E-state index in [9.17, 15) is 4.79 Å². The van der Waals surface area contributed by atoms with Crippen LogP contribution < -0.4 is 22.3 Å². The first-order chi connectivity index (χ1) is 12.1. The van der Waals surface area contributed by atoms with Gasteiger partial charge in [-0.15, -0.1) is 0 Å². The van der Waals surface area contributed by atoms with Gasteiger partial charge in [-0.05, 0) is 49.8 Å². The maximum Gasteiger partial charge on any atom is 0.261 e. The topological polar surface area (TPSA) is 29.1 Å². The molecule has 1 aliphatic heterocycles. The summed E-state index contributed by atoms with van der Waals surface area (Å²) in [4.78, 5) is 12.9. The van der Waals surface area contributed by atoms with Crippen LogP contribution in [0.25, 0.3) is 0 Å². The van der Waals surface area contributed by atoms with Crippen LogP contribution in [0.5, 0.6) is 0 Å². The Labute approximate surface area is 168 Å². The summed E-state index contributed by atoms with van der Waals surface area (Å²) in [6.07, 6.45) is 8.29. The van der Waals surface area contributed by atoms with Gasteiger partial charge in [0.25, 0.3) is 5.91 Å². The first-order valence-electron chi connectivity index (χ1n) is 9.33. The predicted octanol–water partition coefficient (Wildman–Crippen LogP) is 2.65. The van der Waals surface area contributed by atoms with Crippen molar-refractivity contribution < 1.29 is 21.8 Å². The van der Waals surface area contributed by atoms with Gasteiger partial charge in [0.1, 0.15) is 6.16 Å². The van der Waals surface area contributed by atoms with Gasteiger partial charge in [0, 0.05) is 12.9 Å². The van der Waals surface area contributed by atoms with Crippen LogP contribution in [0.1, 0.15) is 36.0 Å². The molecular formula is C22H29BrNOP. The Kier molecular flexibility index (Phi) is 7.85. The first kappa shape index (κ1) is 21.1. The molecule has 2 aromatic carbocycles. The minimum Gasteiger partial charge on any atom is -1.00 e. The highest BCUT2D eigenvalue weighted by molar-refractivity contribution is 7.76. The van der Waals surface area contributed by atoms with Gasteiger partial charge in [0.2, 0.25) is 0 Å². The smallest absolute Gasteiger partial charge is 0.261 e. The third kappa shape index (κ3) is 5.41. The van der Waals surface area contributed by atoms with Crippen LogP contribution in [-0.4, -0.2) is 24.4 Å². The number of rotatable bonds is 5. The van der Waals surface area contributed by atoms with Crippen LogP contribution in [0, 0.1) is 13.8 Å². The molecule has 140 valence electrons. The number of carbonyl (C=O) groups excluding carboxylic acids is 1. The molecule has 0 radical (unpaired) electrons. The fourth-order valence-corrected chi connectivity index (χ4v) is 8.45. The molecule has 2 nitrogen and oxygen atoms in total. The summed E-state index contributed by atoms with van der Waals surface area (Å²) in [5.74, 6) is 0.212. The van der Waals surface area contributed by atoms with Crippen molar-refractivity contribution in [3.63, 3.8) is 0 Å². The number of para-hydroxylation sites is 1. The van der Waals surface area contributed by atoms with E-state index in [-0.39, 0.29) is 22.9 Å². The number of anilines is 1. The highest BCUT2D eigenvalue weighted by Gasteiger charge is 2.41. The molecule has 4 heteroatoms. The molecule has 1 aliphatic rings. The number of hydrogen-bond acceptors (Lipinski definition) is 1. The van der Waals surface area contributed by atoms with E-state index in [0.717, 1.165) is 29.1 Å². The van der Waals surface area contributed by atoms with E-state index in [0.29, 0.717) is 0 Å². The summed E-state index contributed by atoms with van der Waals surface area (Å²) in [5.41, 5.74) is 4.69. The molecule has 1 fully saturated rings. The van der Waals surface area contributed by atoms with Gasteiger partial charge >= 0.3 is 0 Å². The SMILES string of the molecule is Cc1cccc(C)c1NC(=O)C[P+]1(Cc2ccccc2)CCCCC1.[Br-]. The molecule has 3 rings (SSSR count). The monoisotopic (exact) mass is 433 g/mol. The Bertz CT molecular complexity index is 706. The molecule has 1 saturated heterocycles. The zero-order chi connectivity index (χ0) is 17.7. The van der Waals surface area contributed by atoms with Crippen molar-refractivity contribution >= 4 is 18.9 Å². The largest absolute Gasteiger partial charge is 1.00 e. The van der Waals surface area contributed by atoms with E-state index < -0.39 is 7.26 Å². The standard InChI is InChI=1S/C22H28NOP.BrH/c1-18-10-9-11-19(2)22(18)23-21(24)17-25(14-7-4-8-15-25)16-20-12-5-3-6-13-20;/h3,5-6,9-13H,4,7-8,14-17H2,1-2H3;1H. The second-order valence-corrected chi connectivity index (χ2v) is 11.7. The predicted molar refractivity (Wildman–Crippen MR) is 110 cm³/mol. The second kappa shape index (κ2) is 9.67.